The van der Waals surface area contributed by atoms with Gasteiger partial charge in [-0.15, -0.1) is 0 Å². The van der Waals surface area contributed by atoms with Crippen LogP contribution in [0.25, 0.3) is 0 Å². The first-order valence-corrected chi connectivity index (χ1v) is 10.3. The fourth-order valence-electron chi connectivity index (χ4n) is 3.29. The number of carbonyl (C=O) groups excluding carboxylic acids is 1. The molecule has 0 unspecified atom stereocenters. The summed E-state index contributed by atoms with van der Waals surface area (Å²) in [6.45, 7) is 3.90. The Morgan fingerprint density at radius 3 is 2.35 bits per heavy atom. The van der Waals surface area contributed by atoms with E-state index in [2.05, 4.69) is 0 Å². The van der Waals surface area contributed by atoms with E-state index in [0.717, 1.165) is 16.7 Å². The summed E-state index contributed by atoms with van der Waals surface area (Å²) < 4.78 is 5.67. The van der Waals surface area contributed by atoms with Crippen molar-refractivity contribution in [2.75, 3.05) is 6.61 Å². The molecule has 1 atom stereocenters. The van der Waals surface area contributed by atoms with Crippen molar-refractivity contribution in [1.29, 1.82) is 0 Å². The largest absolute Gasteiger partial charge is 0.483 e. The van der Waals surface area contributed by atoms with Gasteiger partial charge in [0.1, 0.15) is 11.3 Å². The van der Waals surface area contributed by atoms with Crippen molar-refractivity contribution in [2.24, 2.45) is 0 Å². The molecule has 0 aliphatic carbocycles. The van der Waals surface area contributed by atoms with E-state index in [9.17, 15) is 14.7 Å². The lowest BCUT2D eigenvalue weighted by molar-refractivity contribution is -0.136. The van der Waals surface area contributed by atoms with E-state index in [0.29, 0.717) is 11.6 Å². The van der Waals surface area contributed by atoms with Crippen LogP contribution in [0.1, 0.15) is 40.0 Å². The lowest BCUT2D eigenvalue weighted by Crippen LogP contribution is -2.36. The maximum Gasteiger partial charge on any atom is 0.339 e. The number of aromatic carboxylic acids is 1. The second-order valence-corrected chi connectivity index (χ2v) is 7.76. The van der Waals surface area contributed by atoms with Gasteiger partial charge in [0, 0.05) is 11.6 Å². The molecule has 5 nitrogen and oxygen atoms in total. The first kappa shape index (κ1) is 22.4. The highest BCUT2D eigenvalue weighted by Gasteiger charge is 2.23. The normalized spacial score (nSPS) is 11.6. The minimum absolute atomic E-state index is 0.0266. The molecule has 0 radical (unpaired) electrons. The Labute approximate surface area is 186 Å². The van der Waals surface area contributed by atoms with Crippen LogP contribution in [0.4, 0.5) is 0 Å². The molecule has 0 heterocycles. The van der Waals surface area contributed by atoms with E-state index in [4.69, 9.17) is 16.3 Å². The van der Waals surface area contributed by atoms with Gasteiger partial charge in [-0.2, -0.15) is 0 Å². The smallest absolute Gasteiger partial charge is 0.339 e. The summed E-state index contributed by atoms with van der Waals surface area (Å²) in [4.78, 5) is 26.4. The lowest BCUT2D eigenvalue weighted by Gasteiger charge is -2.30. The zero-order chi connectivity index (χ0) is 22.4. The Bertz CT molecular complexity index is 1050. The van der Waals surface area contributed by atoms with Gasteiger partial charge in [0.05, 0.1) is 6.04 Å². The standard InChI is InChI=1S/C25H24ClNO4/c1-17-8-13-22(25(29)30)23(14-17)31-16-24(28)27(15-19-9-11-21(26)12-10-19)18(2)20-6-4-3-5-7-20/h3-14,18H,15-16H2,1-2H3,(H,29,30)/t18-/m0/s1. The van der Waals surface area contributed by atoms with Crippen molar-refractivity contribution >= 4 is 23.5 Å². The summed E-state index contributed by atoms with van der Waals surface area (Å²) in [5.41, 5.74) is 2.80. The van der Waals surface area contributed by atoms with Crippen LogP contribution in [0.15, 0.2) is 72.8 Å². The summed E-state index contributed by atoms with van der Waals surface area (Å²) in [5, 5.41) is 10.0. The van der Waals surface area contributed by atoms with Crippen LogP contribution < -0.4 is 4.74 Å². The molecule has 0 bridgehead atoms. The molecule has 0 spiro atoms. The number of carboxylic acids is 1. The first-order chi connectivity index (χ1) is 14.8. The third kappa shape index (κ3) is 5.86. The van der Waals surface area contributed by atoms with Gasteiger partial charge in [-0.1, -0.05) is 60.1 Å². The van der Waals surface area contributed by atoms with E-state index in [1.165, 1.54) is 6.07 Å². The number of amides is 1. The van der Waals surface area contributed by atoms with Gasteiger partial charge >= 0.3 is 5.97 Å². The number of carbonyl (C=O) groups is 2. The van der Waals surface area contributed by atoms with Crippen LogP contribution >= 0.6 is 11.6 Å². The first-order valence-electron chi connectivity index (χ1n) is 9.90. The van der Waals surface area contributed by atoms with Crippen LogP contribution in [-0.2, 0) is 11.3 Å². The molecule has 0 aromatic heterocycles. The summed E-state index contributed by atoms with van der Waals surface area (Å²) in [7, 11) is 0. The van der Waals surface area contributed by atoms with E-state index < -0.39 is 5.97 Å². The molecular weight excluding hydrogens is 414 g/mol. The number of ether oxygens (including phenoxy) is 1. The molecule has 0 fully saturated rings. The van der Waals surface area contributed by atoms with Crippen LogP contribution in [0.5, 0.6) is 5.75 Å². The lowest BCUT2D eigenvalue weighted by atomic mass is 10.1. The van der Waals surface area contributed by atoms with Crippen molar-refractivity contribution in [3.63, 3.8) is 0 Å². The number of hydrogen-bond acceptors (Lipinski definition) is 3. The van der Waals surface area contributed by atoms with Gasteiger partial charge in [0.15, 0.2) is 6.61 Å². The fourth-order valence-corrected chi connectivity index (χ4v) is 3.41. The Kier molecular flexibility index (Phi) is 7.32. The van der Waals surface area contributed by atoms with Crippen molar-refractivity contribution in [3.05, 3.63) is 100 Å². The van der Waals surface area contributed by atoms with Crippen LogP contribution in [0.2, 0.25) is 5.02 Å². The quantitative estimate of drug-likeness (QED) is 0.504. The molecule has 6 heteroatoms. The topological polar surface area (TPSA) is 66.8 Å². The molecule has 3 aromatic carbocycles. The van der Waals surface area contributed by atoms with Crippen molar-refractivity contribution < 1.29 is 19.4 Å². The number of rotatable bonds is 8. The molecule has 0 saturated heterocycles. The van der Waals surface area contributed by atoms with Gasteiger partial charge in [0.2, 0.25) is 0 Å². The Morgan fingerprint density at radius 2 is 1.71 bits per heavy atom. The molecule has 1 amide bonds. The van der Waals surface area contributed by atoms with Gasteiger partial charge in [-0.05, 0) is 54.8 Å². The minimum Gasteiger partial charge on any atom is -0.483 e. The highest BCUT2D eigenvalue weighted by molar-refractivity contribution is 6.30. The zero-order valence-corrected chi connectivity index (χ0v) is 18.2. The highest BCUT2D eigenvalue weighted by Crippen LogP contribution is 2.25. The molecule has 31 heavy (non-hydrogen) atoms. The Balaban J connectivity index is 1.83. The molecular formula is C25H24ClNO4. The summed E-state index contributed by atoms with van der Waals surface area (Å²) >= 11 is 5.99. The Hall–Kier alpha value is -3.31. The van der Waals surface area contributed by atoms with E-state index in [-0.39, 0.29) is 29.9 Å². The van der Waals surface area contributed by atoms with E-state index in [1.807, 2.05) is 56.3 Å². The maximum atomic E-state index is 13.2. The maximum absolute atomic E-state index is 13.2. The number of halogens is 1. The monoisotopic (exact) mass is 437 g/mol. The van der Waals surface area contributed by atoms with Crippen LogP contribution in [0, 0.1) is 6.92 Å². The van der Waals surface area contributed by atoms with Gasteiger partial charge < -0.3 is 14.7 Å². The number of aryl methyl sites for hydroxylation is 1. The SMILES string of the molecule is Cc1ccc(C(=O)O)c(OCC(=O)N(Cc2ccc(Cl)cc2)[C@@H](C)c2ccccc2)c1. The third-order valence-electron chi connectivity index (χ3n) is 5.05. The molecule has 3 rings (SSSR count). The zero-order valence-electron chi connectivity index (χ0n) is 17.4. The summed E-state index contributed by atoms with van der Waals surface area (Å²) in [6.07, 6.45) is 0. The number of carboxylic acid groups (broad SMARTS) is 1. The van der Waals surface area contributed by atoms with Gasteiger partial charge in [-0.25, -0.2) is 4.79 Å². The van der Waals surface area contributed by atoms with Gasteiger partial charge in [0.25, 0.3) is 5.91 Å². The second kappa shape index (κ2) is 10.1. The number of benzene rings is 3. The second-order valence-electron chi connectivity index (χ2n) is 7.33. The molecule has 0 aliphatic rings. The Morgan fingerprint density at radius 1 is 1.03 bits per heavy atom. The van der Waals surface area contributed by atoms with Crippen LogP contribution in [0.3, 0.4) is 0 Å². The molecule has 0 saturated carbocycles. The van der Waals surface area contributed by atoms with Gasteiger partial charge in [-0.3, -0.25) is 4.79 Å². The molecule has 1 N–H and O–H groups in total. The predicted octanol–water partition coefficient (Wildman–Crippen LogP) is 5.52. The molecule has 0 aliphatic heterocycles. The van der Waals surface area contributed by atoms with E-state index in [1.54, 1.807) is 29.2 Å². The average Bonchev–Trinajstić information content (AvgIpc) is 2.77. The van der Waals surface area contributed by atoms with E-state index >= 15 is 0 Å². The summed E-state index contributed by atoms with van der Waals surface area (Å²) in [6, 6.07) is 21.7. The minimum atomic E-state index is -1.10. The number of nitrogens with zero attached hydrogens (tertiary/aromatic N) is 1. The van der Waals surface area contributed by atoms with Crippen LogP contribution in [-0.4, -0.2) is 28.5 Å². The van der Waals surface area contributed by atoms with Crippen molar-refractivity contribution in [2.45, 2.75) is 26.4 Å². The van der Waals surface area contributed by atoms with Crippen molar-refractivity contribution in [3.8, 4) is 5.75 Å². The summed E-state index contributed by atoms with van der Waals surface area (Å²) in [5.74, 6) is -1.16. The highest BCUT2D eigenvalue weighted by atomic mass is 35.5. The molecule has 160 valence electrons. The van der Waals surface area contributed by atoms with Crippen molar-refractivity contribution in [1.82, 2.24) is 4.90 Å². The fraction of sp³-hybridized carbons (Fsp3) is 0.200. The predicted molar refractivity (Wildman–Crippen MR) is 120 cm³/mol. The number of hydrogen-bond donors (Lipinski definition) is 1. The third-order valence-corrected chi connectivity index (χ3v) is 5.31. The molecule has 3 aromatic rings. The average molecular weight is 438 g/mol.